The Labute approximate surface area is 141 Å². The van der Waals surface area contributed by atoms with E-state index in [1.807, 2.05) is 51.1 Å². The highest BCUT2D eigenvalue weighted by Crippen LogP contribution is 2.33. The van der Waals surface area contributed by atoms with Crippen molar-refractivity contribution in [2.75, 3.05) is 0 Å². The summed E-state index contributed by atoms with van der Waals surface area (Å²) < 4.78 is 5.82. The van der Waals surface area contributed by atoms with Crippen LogP contribution in [0, 0.1) is 0 Å². The number of benzene rings is 2. The summed E-state index contributed by atoms with van der Waals surface area (Å²) in [7, 11) is 0. The normalized spacial score (nSPS) is 16.7. The van der Waals surface area contributed by atoms with Crippen molar-refractivity contribution in [1.29, 1.82) is 0 Å². The van der Waals surface area contributed by atoms with Crippen LogP contribution >= 0.6 is 0 Å². The van der Waals surface area contributed by atoms with Crippen LogP contribution in [0.15, 0.2) is 48.5 Å². The van der Waals surface area contributed by atoms with Gasteiger partial charge in [0.05, 0.1) is 18.0 Å². The topological polar surface area (TPSA) is 55.4 Å². The number of carbonyl (C=O) groups is 2. The number of fused-ring (bicyclic) bond motifs is 1. The first kappa shape index (κ1) is 16.2. The molecule has 0 fully saturated rings. The van der Waals surface area contributed by atoms with Crippen LogP contribution in [0.5, 0.6) is 5.75 Å². The van der Waals surface area contributed by atoms with Gasteiger partial charge in [0, 0.05) is 5.56 Å². The van der Waals surface area contributed by atoms with E-state index >= 15 is 0 Å². The summed E-state index contributed by atoms with van der Waals surface area (Å²) in [6, 6.07) is 14.7. The van der Waals surface area contributed by atoms with Crippen molar-refractivity contribution in [3.63, 3.8) is 0 Å². The van der Waals surface area contributed by atoms with Gasteiger partial charge in [-0.05, 0) is 44.5 Å². The fraction of sp³-hybridized carbons (Fsp3) is 0.300. The average Bonchev–Trinajstić information content (AvgIpc) is 2.54. The maximum absolute atomic E-state index is 12.5. The minimum atomic E-state index is -0.504. The Morgan fingerprint density at radius 2 is 1.88 bits per heavy atom. The van der Waals surface area contributed by atoms with Crippen molar-refractivity contribution in [3.05, 3.63) is 65.2 Å². The van der Waals surface area contributed by atoms with Crippen LogP contribution in [0.1, 0.15) is 59.5 Å². The molecule has 1 unspecified atom stereocenters. The molecule has 4 heteroatoms. The highest BCUT2D eigenvalue weighted by Gasteiger charge is 2.32. The molecule has 1 heterocycles. The first-order valence-electron chi connectivity index (χ1n) is 8.08. The van der Waals surface area contributed by atoms with E-state index in [0.717, 1.165) is 5.56 Å². The third-order valence-corrected chi connectivity index (χ3v) is 4.16. The van der Waals surface area contributed by atoms with Crippen molar-refractivity contribution >= 4 is 11.7 Å². The summed E-state index contributed by atoms with van der Waals surface area (Å²) in [5.74, 6) is 0.350. The van der Waals surface area contributed by atoms with Crippen LogP contribution in [-0.4, -0.2) is 17.3 Å². The lowest BCUT2D eigenvalue weighted by Gasteiger charge is -2.31. The van der Waals surface area contributed by atoms with E-state index in [0.29, 0.717) is 23.3 Å². The van der Waals surface area contributed by atoms with E-state index in [4.69, 9.17) is 4.74 Å². The summed E-state index contributed by atoms with van der Waals surface area (Å²) in [6.07, 6.45) is 0.311. The van der Waals surface area contributed by atoms with Crippen LogP contribution in [0.25, 0.3) is 0 Å². The Hall–Kier alpha value is -2.62. The van der Waals surface area contributed by atoms with Crippen molar-refractivity contribution in [3.8, 4) is 5.75 Å². The van der Waals surface area contributed by atoms with Gasteiger partial charge in [-0.3, -0.25) is 9.59 Å². The molecule has 0 saturated carbocycles. The van der Waals surface area contributed by atoms with E-state index in [2.05, 4.69) is 5.32 Å². The zero-order valence-electron chi connectivity index (χ0n) is 14.1. The summed E-state index contributed by atoms with van der Waals surface area (Å²) in [5, 5.41) is 2.96. The third kappa shape index (κ3) is 3.32. The average molecular weight is 323 g/mol. The Morgan fingerprint density at radius 1 is 1.17 bits per heavy atom. The van der Waals surface area contributed by atoms with E-state index in [1.165, 1.54) is 0 Å². The second-order valence-corrected chi connectivity index (χ2v) is 6.78. The molecule has 0 bridgehead atoms. The second-order valence-electron chi connectivity index (χ2n) is 6.78. The quantitative estimate of drug-likeness (QED) is 0.931. The predicted molar refractivity (Wildman–Crippen MR) is 92.4 cm³/mol. The maximum Gasteiger partial charge on any atom is 0.251 e. The lowest BCUT2D eigenvalue weighted by atomic mass is 9.92. The molecule has 3 rings (SSSR count). The molecular formula is C20H21NO3. The molecule has 2 aromatic carbocycles. The molecule has 1 amide bonds. The maximum atomic E-state index is 12.5. The molecule has 1 aliphatic rings. The molecular weight excluding hydrogens is 302 g/mol. The summed E-state index contributed by atoms with van der Waals surface area (Å²) >= 11 is 0. The smallest absolute Gasteiger partial charge is 0.251 e. The van der Waals surface area contributed by atoms with Crippen LogP contribution in [0.4, 0.5) is 0 Å². The van der Waals surface area contributed by atoms with E-state index < -0.39 is 5.60 Å². The summed E-state index contributed by atoms with van der Waals surface area (Å²) in [4.78, 5) is 24.8. The van der Waals surface area contributed by atoms with Gasteiger partial charge in [-0.2, -0.15) is 0 Å². The van der Waals surface area contributed by atoms with Gasteiger partial charge in [0.25, 0.3) is 5.91 Å². The SMILES string of the molecule is CC(NC(=O)c1ccc2c(c1)C(=O)CC(C)(C)O2)c1ccccc1. The molecule has 24 heavy (non-hydrogen) atoms. The van der Waals surface area contributed by atoms with Gasteiger partial charge in [-0.15, -0.1) is 0 Å². The number of Topliss-reactive ketones (excluding diaryl/α,β-unsaturated/α-hetero) is 1. The first-order valence-corrected chi connectivity index (χ1v) is 8.08. The minimum Gasteiger partial charge on any atom is -0.487 e. The highest BCUT2D eigenvalue weighted by molar-refractivity contribution is 6.03. The zero-order valence-corrected chi connectivity index (χ0v) is 14.1. The van der Waals surface area contributed by atoms with E-state index in [1.54, 1.807) is 18.2 Å². The second kappa shape index (κ2) is 6.11. The van der Waals surface area contributed by atoms with Crippen molar-refractivity contribution in [2.45, 2.75) is 38.8 Å². The van der Waals surface area contributed by atoms with Gasteiger partial charge in [0.15, 0.2) is 5.78 Å². The molecule has 124 valence electrons. The Kier molecular flexibility index (Phi) is 4.14. The van der Waals surface area contributed by atoms with Crippen LogP contribution < -0.4 is 10.1 Å². The number of amides is 1. The van der Waals surface area contributed by atoms with Gasteiger partial charge < -0.3 is 10.1 Å². The predicted octanol–water partition coefficient (Wildman–Crippen LogP) is 3.92. The van der Waals surface area contributed by atoms with Crippen LogP contribution in [0.2, 0.25) is 0 Å². The number of nitrogens with one attached hydrogen (secondary N) is 1. The van der Waals surface area contributed by atoms with Crippen LogP contribution in [0.3, 0.4) is 0 Å². The first-order chi connectivity index (χ1) is 11.4. The molecule has 1 atom stereocenters. The standard InChI is InChI=1S/C20H21NO3/c1-13(14-7-5-4-6-8-14)21-19(23)15-9-10-18-16(11-15)17(22)12-20(2,3)24-18/h4-11,13H,12H2,1-3H3,(H,21,23). The van der Waals surface area contributed by atoms with Gasteiger partial charge >= 0.3 is 0 Å². The minimum absolute atomic E-state index is 0.00649. The largest absolute Gasteiger partial charge is 0.487 e. The Balaban J connectivity index is 1.80. The number of ketones is 1. The van der Waals surface area contributed by atoms with Gasteiger partial charge in [0.2, 0.25) is 0 Å². The molecule has 0 aliphatic carbocycles. The molecule has 2 aromatic rings. The monoisotopic (exact) mass is 323 g/mol. The highest BCUT2D eigenvalue weighted by atomic mass is 16.5. The number of hydrogen-bond donors (Lipinski definition) is 1. The van der Waals surface area contributed by atoms with Crippen molar-refractivity contribution in [1.82, 2.24) is 5.32 Å². The van der Waals surface area contributed by atoms with Crippen molar-refractivity contribution < 1.29 is 14.3 Å². The fourth-order valence-corrected chi connectivity index (χ4v) is 2.90. The van der Waals surface area contributed by atoms with Gasteiger partial charge in [0.1, 0.15) is 11.4 Å². The summed E-state index contributed by atoms with van der Waals surface area (Å²) in [6.45, 7) is 5.70. The molecule has 0 aromatic heterocycles. The molecule has 0 saturated heterocycles. The molecule has 0 radical (unpaired) electrons. The Bertz CT molecular complexity index is 781. The van der Waals surface area contributed by atoms with Gasteiger partial charge in [-0.1, -0.05) is 30.3 Å². The zero-order chi connectivity index (χ0) is 17.3. The third-order valence-electron chi connectivity index (χ3n) is 4.16. The molecule has 1 aliphatic heterocycles. The molecule has 0 spiro atoms. The number of hydrogen-bond acceptors (Lipinski definition) is 3. The lowest BCUT2D eigenvalue weighted by molar-refractivity contribution is 0.0620. The molecule has 4 nitrogen and oxygen atoms in total. The molecule has 1 N–H and O–H groups in total. The fourth-order valence-electron chi connectivity index (χ4n) is 2.90. The number of rotatable bonds is 3. The Morgan fingerprint density at radius 3 is 2.58 bits per heavy atom. The summed E-state index contributed by atoms with van der Waals surface area (Å²) in [5.41, 5.74) is 1.47. The lowest BCUT2D eigenvalue weighted by Crippen LogP contribution is -2.36. The number of carbonyl (C=O) groups excluding carboxylic acids is 2. The van der Waals surface area contributed by atoms with Crippen LogP contribution in [-0.2, 0) is 0 Å². The van der Waals surface area contributed by atoms with E-state index in [9.17, 15) is 9.59 Å². The number of ether oxygens (including phenoxy) is 1. The van der Waals surface area contributed by atoms with Gasteiger partial charge in [-0.25, -0.2) is 0 Å². The van der Waals surface area contributed by atoms with E-state index in [-0.39, 0.29) is 17.7 Å². The van der Waals surface area contributed by atoms with Crippen molar-refractivity contribution in [2.24, 2.45) is 0 Å².